The van der Waals surface area contributed by atoms with E-state index in [9.17, 15) is 8.42 Å². The number of hydrogen-bond acceptors (Lipinski definition) is 4. The van der Waals surface area contributed by atoms with E-state index in [1.165, 1.54) is 5.56 Å². The van der Waals surface area contributed by atoms with Gasteiger partial charge in [0, 0.05) is 45.3 Å². The first-order chi connectivity index (χ1) is 10.5. The second-order valence-corrected chi connectivity index (χ2v) is 8.03. The molecule has 1 aromatic rings. The molecule has 6 heteroatoms. The fourth-order valence-corrected chi connectivity index (χ4v) is 3.64. The Morgan fingerprint density at radius 2 is 1.68 bits per heavy atom. The van der Waals surface area contributed by atoms with E-state index < -0.39 is 10.0 Å². The number of hydrogen-bond donors (Lipinski definition) is 1. The van der Waals surface area contributed by atoms with E-state index in [0.717, 1.165) is 39.3 Å². The van der Waals surface area contributed by atoms with Crippen LogP contribution in [0.3, 0.4) is 0 Å². The summed E-state index contributed by atoms with van der Waals surface area (Å²) in [4.78, 5) is 4.79. The summed E-state index contributed by atoms with van der Waals surface area (Å²) in [5.41, 5.74) is 1.35. The molecule has 1 fully saturated rings. The third kappa shape index (κ3) is 5.68. The highest BCUT2D eigenvalue weighted by atomic mass is 32.2. The van der Waals surface area contributed by atoms with Crippen LogP contribution in [0.25, 0.3) is 0 Å². The molecule has 2 rings (SSSR count). The van der Waals surface area contributed by atoms with Gasteiger partial charge in [-0.05, 0) is 19.4 Å². The normalized spacial score (nSPS) is 19.2. The molecule has 124 valence electrons. The van der Waals surface area contributed by atoms with E-state index in [1.807, 2.05) is 13.0 Å². The SMILES string of the molecule is CCS(=O)(=O)N[C@@H](C)CN1CCN(Cc2ccccc2)CC1. The average Bonchev–Trinajstić information content (AvgIpc) is 2.50. The zero-order valence-corrected chi connectivity index (χ0v) is 14.3. The van der Waals surface area contributed by atoms with Crippen LogP contribution in [0.5, 0.6) is 0 Å². The summed E-state index contributed by atoms with van der Waals surface area (Å²) in [5, 5.41) is 0. The van der Waals surface area contributed by atoms with E-state index in [1.54, 1.807) is 6.92 Å². The molecule has 1 atom stereocenters. The molecule has 1 aliphatic heterocycles. The van der Waals surface area contributed by atoms with Crippen molar-refractivity contribution >= 4 is 10.0 Å². The number of piperazine rings is 1. The Morgan fingerprint density at radius 1 is 1.09 bits per heavy atom. The molecular formula is C16H27N3O2S. The van der Waals surface area contributed by atoms with Crippen LogP contribution in [-0.2, 0) is 16.6 Å². The lowest BCUT2D eigenvalue weighted by Crippen LogP contribution is -2.50. The summed E-state index contributed by atoms with van der Waals surface area (Å²) in [5.74, 6) is 0.141. The minimum atomic E-state index is -3.11. The molecular weight excluding hydrogens is 298 g/mol. The van der Waals surface area contributed by atoms with E-state index in [-0.39, 0.29) is 11.8 Å². The quantitative estimate of drug-likeness (QED) is 0.817. The van der Waals surface area contributed by atoms with Crippen molar-refractivity contribution in [3.05, 3.63) is 35.9 Å². The smallest absolute Gasteiger partial charge is 0.211 e. The van der Waals surface area contributed by atoms with Crippen molar-refractivity contribution in [1.29, 1.82) is 0 Å². The molecule has 1 aliphatic rings. The van der Waals surface area contributed by atoms with Crippen LogP contribution in [0.2, 0.25) is 0 Å². The van der Waals surface area contributed by atoms with Gasteiger partial charge in [-0.15, -0.1) is 0 Å². The van der Waals surface area contributed by atoms with Crippen molar-refractivity contribution < 1.29 is 8.42 Å². The van der Waals surface area contributed by atoms with Crippen LogP contribution in [0.15, 0.2) is 30.3 Å². The Labute approximate surface area is 134 Å². The first-order valence-corrected chi connectivity index (χ1v) is 9.62. The third-order valence-corrected chi connectivity index (χ3v) is 5.53. The minimum absolute atomic E-state index is 0.0365. The molecule has 0 unspecified atom stereocenters. The molecule has 1 aromatic carbocycles. The Kier molecular flexibility index (Phi) is 6.37. The maximum atomic E-state index is 11.6. The van der Waals surface area contributed by atoms with Gasteiger partial charge in [0.2, 0.25) is 10.0 Å². The number of nitrogens with zero attached hydrogens (tertiary/aromatic N) is 2. The largest absolute Gasteiger partial charge is 0.299 e. The lowest BCUT2D eigenvalue weighted by Gasteiger charge is -2.36. The standard InChI is InChI=1S/C16H27N3O2S/c1-3-22(20,21)17-15(2)13-18-9-11-19(12-10-18)14-16-7-5-4-6-8-16/h4-8,15,17H,3,9-14H2,1-2H3/t15-/m0/s1. The molecule has 0 aliphatic carbocycles. The molecule has 0 bridgehead atoms. The summed E-state index contributed by atoms with van der Waals surface area (Å²) in [7, 11) is -3.11. The summed E-state index contributed by atoms with van der Waals surface area (Å²) in [6.07, 6.45) is 0. The van der Waals surface area contributed by atoms with Gasteiger partial charge < -0.3 is 0 Å². The molecule has 0 aromatic heterocycles. The van der Waals surface area contributed by atoms with Gasteiger partial charge in [-0.3, -0.25) is 9.80 Å². The van der Waals surface area contributed by atoms with Crippen molar-refractivity contribution in [3.8, 4) is 0 Å². The molecule has 5 nitrogen and oxygen atoms in total. The first kappa shape index (κ1) is 17.4. The fraction of sp³-hybridized carbons (Fsp3) is 0.625. The van der Waals surface area contributed by atoms with E-state index >= 15 is 0 Å². The number of nitrogens with one attached hydrogen (secondary N) is 1. The molecule has 1 N–H and O–H groups in total. The first-order valence-electron chi connectivity index (χ1n) is 7.97. The predicted molar refractivity (Wildman–Crippen MR) is 90.2 cm³/mol. The summed E-state index contributed by atoms with van der Waals surface area (Å²) < 4.78 is 25.9. The molecule has 1 heterocycles. The van der Waals surface area contributed by atoms with Crippen LogP contribution < -0.4 is 4.72 Å². The van der Waals surface area contributed by atoms with Gasteiger partial charge in [0.1, 0.15) is 0 Å². The molecule has 0 radical (unpaired) electrons. The topological polar surface area (TPSA) is 52.7 Å². The second kappa shape index (κ2) is 8.06. The summed E-state index contributed by atoms with van der Waals surface area (Å²) >= 11 is 0. The third-order valence-electron chi connectivity index (χ3n) is 4.01. The Balaban J connectivity index is 1.73. The summed E-state index contributed by atoms with van der Waals surface area (Å²) in [6.45, 7) is 9.41. The Morgan fingerprint density at radius 3 is 2.27 bits per heavy atom. The van der Waals surface area contributed by atoms with Crippen LogP contribution in [-0.4, -0.2) is 62.7 Å². The van der Waals surface area contributed by atoms with Gasteiger partial charge in [-0.25, -0.2) is 13.1 Å². The van der Waals surface area contributed by atoms with E-state index in [4.69, 9.17) is 0 Å². The fourth-order valence-electron chi connectivity index (χ4n) is 2.79. The van der Waals surface area contributed by atoms with E-state index in [0.29, 0.717) is 0 Å². The van der Waals surface area contributed by atoms with Gasteiger partial charge in [0.05, 0.1) is 5.75 Å². The van der Waals surface area contributed by atoms with Gasteiger partial charge in [0.15, 0.2) is 0 Å². The lowest BCUT2D eigenvalue weighted by molar-refractivity contribution is 0.122. The lowest BCUT2D eigenvalue weighted by atomic mass is 10.2. The van der Waals surface area contributed by atoms with Gasteiger partial charge in [-0.2, -0.15) is 0 Å². The van der Waals surface area contributed by atoms with Gasteiger partial charge in [0.25, 0.3) is 0 Å². The zero-order valence-electron chi connectivity index (χ0n) is 13.5. The average molecular weight is 325 g/mol. The second-order valence-electron chi connectivity index (χ2n) is 5.98. The molecule has 0 saturated carbocycles. The van der Waals surface area contributed by atoms with Gasteiger partial charge >= 0.3 is 0 Å². The van der Waals surface area contributed by atoms with E-state index in [2.05, 4.69) is 38.8 Å². The van der Waals surface area contributed by atoms with Crippen LogP contribution >= 0.6 is 0 Å². The highest BCUT2D eigenvalue weighted by Crippen LogP contribution is 2.08. The zero-order chi connectivity index (χ0) is 16.0. The molecule has 22 heavy (non-hydrogen) atoms. The molecule has 0 amide bonds. The van der Waals surface area contributed by atoms with Crippen molar-refractivity contribution in [3.63, 3.8) is 0 Å². The minimum Gasteiger partial charge on any atom is -0.299 e. The summed E-state index contributed by atoms with van der Waals surface area (Å²) in [6, 6.07) is 10.5. The monoisotopic (exact) mass is 325 g/mol. The maximum Gasteiger partial charge on any atom is 0.211 e. The van der Waals surface area contributed by atoms with Crippen molar-refractivity contribution in [1.82, 2.24) is 14.5 Å². The van der Waals surface area contributed by atoms with Crippen molar-refractivity contribution in [2.75, 3.05) is 38.5 Å². The molecule has 1 saturated heterocycles. The Hall–Kier alpha value is -0.950. The highest BCUT2D eigenvalue weighted by molar-refractivity contribution is 7.89. The van der Waals surface area contributed by atoms with Crippen molar-refractivity contribution in [2.45, 2.75) is 26.4 Å². The number of sulfonamides is 1. The van der Waals surface area contributed by atoms with Crippen molar-refractivity contribution in [2.24, 2.45) is 0 Å². The van der Waals surface area contributed by atoms with Gasteiger partial charge in [-0.1, -0.05) is 30.3 Å². The highest BCUT2D eigenvalue weighted by Gasteiger charge is 2.20. The Bertz CT molecular complexity index is 540. The number of benzene rings is 1. The van der Waals surface area contributed by atoms with Crippen LogP contribution in [0.4, 0.5) is 0 Å². The molecule has 0 spiro atoms. The van der Waals surface area contributed by atoms with Crippen LogP contribution in [0.1, 0.15) is 19.4 Å². The van der Waals surface area contributed by atoms with Crippen LogP contribution in [0, 0.1) is 0 Å². The maximum absolute atomic E-state index is 11.6. The predicted octanol–water partition coefficient (Wildman–Crippen LogP) is 1.13. The number of rotatable bonds is 7.